The number of nitrogens with one attached hydrogen (secondary N) is 1. The molecule has 0 bridgehead atoms. The highest BCUT2D eigenvalue weighted by atomic mass is 79.9. The average Bonchev–Trinajstić information content (AvgIpc) is 3.00. The fourth-order valence-corrected chi connectivity index (χ4v) is 2.30. The number of hydrogen-bond donors (Lipinski definition) is 1. The smallest absolute Gasteiger partial charge is 0.0991 e. The maximum absolute atomic E-state index is 4.05. The Morgan fingerprint density at radius 1 is 1.41 bits per heavy atom. The van der Waals surface area contributed by atoms with Crippen LogP contribution in [0, 0.1) is 0 Å². The molecule has 0 atom stereocenters. The van der Waals surface area contributed by atoms with E-state index in [4.69, 9.17) is 0 Å². The molecule has 17 heavy (non-hydrogen) atoms. The van der Waals surface area contributed by atoms with Crippen LogP contribution in [0.1, 0.15) is 18.4 Å². The lowest BCUT2D eigenvalue weighted by molar-refractivity contribution is 0.686. The minimum atomic E-state index is 0.746. The van der Waals surface area contributed by atoms with Crippen molar-refractivity contribution in [3.63, 3.8) is 0 Å². The fourth-order valence-electron chi connectivity index (χ4n) is 1.79. The summed E-state index contributed by atoms with van der Waals surface area (Å²) in [5, 5.41) is 3.52. The van der Waals surface area contributed by atoms with Gasteiger partial charge in [-0.3, -0.25) is 0 Å². The first-order valence-corrected chi connectivity index (χ1v) is 6.62. The van der Waals surface area contributed by atoms with Crippen LogP contribution in [0.4, 0.5) is 0 Å². The molecule has 0 saturated heterocycles. The second kappa shape index (κ2) is 4.63. The van der Waals surface area contributed by atoms with E-state index in [0.717, 1.165) is 22.7 Å². The monoisotopic (exact) mass is 291 g/mol. The van der Waals surface area contributed by atoms with Gasteiger partial charge in [-0.15, -0.1) is 0 Å². The number of nitrogens with zero attached hydrogens (tertiary/aromatic N) is 2. The highest BCUT2D eigenvalue weighted by Crippen LogP contribution is 2.23. The Balaban J connectivity index is 1.78. The Morgan fingerprint density at radius 2 is 2.29 bits per heavy atom. The first-order valence-electron chi connectivity index (χ1n) is 5.83. The van der Waals surface area contributed by atoms with Crippen LogP contribution in [0.15, 0.2) is 41.4 Å². The minimum absolute atomic E-state index is 0.746. The number of aromatic nitrogens is 2. The van der Waals surface area contributed by atoms with Crippen molar-refractivity contribution in [1.29, 1.82) is 0 Å². The van der Waals surface area contributed by atoms with Gasteiger partial charge in [-0.1, -0.05) is 22.0 Å². The molecular weight excluding hydrogens is 278 g/mol. The molecule has 1 heterocycles. The van der Waals surface area contributed by atoms with Gasteiger partial charge in [0.1, 0.15) is 0 Å². The van der Waals surface area contributed by atoms with Gasteiger partial charge in [0.15, 0.2) is 0 Å². The van der Waals surface area contributed by atoms with E-state index in [1.165, 1.54) is 18.4 Å². The van der Waals surface area contributed by atoms with Gasteiger partial charge in [-0.25, -0.2) is 4.98 Å². The zero-order valence-corrected chi connectivity index (χ0v) is 11.0. The van der Waals surface area contributed by atoms with E-state index in [9.17, 15) is 0 Å². The summed E-state index contributed by atoms with van der Waals surface area (Å²) < 4.78 is 3.15. The van der Waals surface area contributed by atoms with Crippen LogP contribution in [0.5, 0.6) is 0 Å². The molecule has 2 aromatic rings. The predicted octanol–water partition coefficient (Wildman–Crippen LogP) is 2.89. The van der Waals surface area contributed by atoms with E-state index in [0.29, 0.717) is 0 Å². The number of imidazole rings is 1. The summed E-state index contributed by atoms with van der Waals surface area (Å²) in [6, 6.07) is 7.16. The van der Waals surface area contributed by atoms with Gasteiger partial charge in [0, 0.05) is 35.1 Å². The second-order valence-corrected chi connectivity index (χ2v) is 5.26. The van der Waals surface area contributed by atoms with Crippen molar-refractivity contribution >= 4 is 15.9 Å². The topological polar surface area (TPSA) is 29.9 Å². The van der Waals surface area contributed by atoms with Crippen molar-refractivity contribution in [2.24, 2.45) is 0 Å². The van der Waals surface area contributed by atoms with Crippen molar-refractivity contribution in [1.82, 2.24) is 14.9 Å². The van der Waals surface area contributed by atoms with Gasteiger partial charge in [0.05, 0.1) is 6.33 Å². The third-order valence-electron chi connectivity index (χ3n) is 3.00. The number of benzene rings is 1. The molecule has 1 fully saturated rings. The largest absolute Gasteiger partial charge is 0.310 e. The zero-order chi connectivity index (χ0) is 11.7. The van der Waals surface area contributed by atoms with Crippen LogP contribution in [-0.2, 0) is 6.54 Å². The van der Waals surface area contributed by atoms with Crippen LogP contribution in [0.2, 0.25) is 0 Å². The highest BCUT2D eigenvalue weighted by Gasteiger charge is 2.20. The van der Waals surface area contributed by atoms with Crippen LogP contribution in [0.25, 0.3) is 5.69 Å². The van der Waals surface area contributed by atoms with E-state index in [1.54, 1.807) is 6.20 Å². The normalized spacial score (nSPS) is 15.1. The van der Waals surface area contributed by atoms with Gasteiger partial charge in [-0.2, -0.15) is 0 Å². The van der Waals surface area contributed by atoms with E-state index < -0.39 is 0 Å². The summed E-state index contributed by atoms with van der Waals surface area (Å²) in [7, 11) is 0. The maximum atomic E-state index is 4.05. The summed E-state index contributed by atoms with van der Waals surface area (Å²) in [4.78, 5) is 4.05. The van der Waals surface area contributed by atoms with Crippen LogP contribution in [0.3, 0.4) is 0 Å². The van der Waals surface area contributed by atoms with Gasteiger partial charge in [0.2, 0.25) is 0 Å². The molecule has 1 N–H and O–H groups in total. The Labute approximate surface area is 109 Å². The molecule has 88 valence electrons. The molecule has 1 aromatic carbocycles. The lowest BCUT2D eigenvalue weighted by atomic mass is 10.2. The van der Waals surface area contributed by atoms with Gasteiger partial charge >= 0.3 is 0 Å². The standard InChI is InChI=1S/C13H14BrN3/c14-13-7-12(17-6-5-15-9-17)4-1-10(13)8-16-11-2-3-11/h1,4-7,9,11,16H,2-3,8H2. The van der Waals surface area contributed by atoms with Crippen LogP contribution in [-0.4, -0.2) is 15.6 Å². The molecule has 0 amide bonds. The number of halogens is 1. The third-order valence-corrected chi connectivity index (χ3v) is 3.74. The Kier molecular flexibility index (Phi) is 2.99. The lowest BCUT2D eigenvalue weighted by Crippen LogP contribution is -2.15. The van der Waals surface area contributed by atoms with Crippen molar-refractivity contribution in [3.05, 3.63) is 47.0 Å². The average molecular weight is 292 g/mol. The summed E-state index contributed by atoms with van der Waals surface area (Å²) in [5.74, 6) is 0. The van der Waals surface area contributed by atoms with Crippen LogP contribution < -0.4 is 5.32 Å². The van der Waals surface area contributed by atoms with E-state index in [-0.39, 0.29) is 0 Å². The summed E-state index contributed by atoms with van der Waals surface area (Å²) >= 11 is 3.63. The second-order valence-electron chi connectivity index (χ2n) is 4.40. The van der Waals surface area contributed by atoms with Crippen molar-refractivity contribution in [2.75, 3.05) is 0 Å². The van der Waals surface area contributed by atoms with E-state index in [2.05, 4.69) is 44.4 Å². The molecule has 1 aliphatic rings. The molecule has 0 unspecified atom stereocenters. The lowest BCUT2D eigenvalue weighted by Gasteiger charge is -2.08. The Bertz CT molecular complexity index is 503. The van der Waals surface area contributed by atoms with Crippen LogP contribution >= 0.6 is 15.9 Å². The predicted molar refractivity (Wildman–Crippen MR) is 71.1 cm³/mol. The number of hydrogen-bond acceptors (Lipinski definition) is 2. The zero-order valence-electron chi connectivity index (χ0n) is 9.44. The quantitative estimate of drug-likeness (QED) is 0.939. The first-order chi connectivity index (χ1) is 8.33. The molecule has 1 aromatic heterocycles. The minimum Gasteiger partial charge on any atom is -0.310 e. The van der Waals surface area contributed by atoms with Crippen molar-refractivity contribution < 1.29 is 0 Å². The van der Waals surface area contributed by atoms with Gasteiger partial charge < -0.3 is 9.88 Å². The fraction of sp³-hybridized carbons (Fsp3) is 0.308. The SMILES string of the molecule is Brc1cc(-n2ccnc2)ccc1CNC1CC1. The summed E-state index contributed by atoms with van der Waals surface area (Å²) in [6.45, 7) is 0.940. The molecule has 0 spiro atoms. The van der Waals surface area contributed by atoms with Crippen molar-refractivity contribution in [2.45, 2.75) is 25.4 Å². The first kappa shape index (κ1) is 11.0. The Morgan fingerprint density at radius 3 is 2.94 bits per heavy atom. The molecule has 1 aliphatic carbocycles. The molecule has 0 aliphatic heterocycles. The molecule has 0 radical (unpaired) electrons. The third kappa shape index (κ3) is 2.58. The van der Waals surface area contributed by atoms with E-state index in [1.807, 2.05) is 17.1 Å². The molecule has 3 rings (SSSR count). The molecule has 3 nitrogen and oxygen atoms in total. The van der Waals surface area contributed by atoms with Gasteiger partial charge in [-0.05, 0) is 30.5 Å². The van der Waals surface area contributed by atoms with Crippen molar-refractivity contribution in [3.8, 4) is 5.69 Å². The van der Waals surface area contributed by atoms with Gasteiger partial charge in [0.25, 0.3) is 0 Å². The van der Waals surface area contributed by atoms with E-state index >= 15 is 0 Å². The summed E-state index contributed by atoms with van der Waals surface area (Å²) in [6.07, 6.45) is 8.19. The summed E-state index contributed by atoms with van der Waals surface area (Å²) in [5.41, 5.74) is 2.44. The maximum Gasteiger partial charge on any atom is 0.0991 e. The highest BCUT2D eigenvalue weighted by molar-refractivity contribution is 9.10. The molecular formula is C13H14BrN3. The Hall–Kier alpha value is -1.13. The molecule has 1 saturated carbocycles. The molecule has 4 heteroatoms. The number of rotatable bonds is 4.